The van der Waals surface area contributed by atoms with E-state index in [0.717, 1.165) is 11.8 Å². The molecule has 1 aromatic heterocycles. The van der Waals surface area contributed by atoms with E-state index in [0.29, 0.717) is 18.7 Å². The first-order chi connectivity index (χ1) is 15.7. The second kappa shape index (κ2) is 12.8. The normalized spacial score (nSPS) is 12.4. The minimum Gasteiger partial charge on any atom is -0.465 e. The van der Waals surface area contributed by atoms with Crippen LogP contribution in [0.25, 0.3) is 0 Å². The second-order valence-corrected chi connectivity index (χ2v) is 6.92. The van der Waals surface area contributed by atoms with Gasteiger partial charge in [-0.3, -0.25) is 9.59 Å². The first-order valence-corrected chi connectivity index (χ1v) is 9.81. The molecule has 1 heterocycles. The number of nitrogens with zero attached hydrogens (tertiary/aromatic N) is 1. The minimum absolute atomic E-state index is 0.0406. The summed E-state index contributed by atoms with van der Waals surface area (Å²) in [5.74, 6) is -2.91. The summed E-state index contributed by atoms with van der Waals surface area (Å²) < 4.78 is 88.8. The number of aldehydes is 1. The fraction of sp³-hybridized carbons (Fsp3) is 0.429. The molecule has 1 unspecified atom stereocenters. The maximum atomic E-state index is 12.7. The monoisotopic (exact) mass is 498 g/mol. The molecule has 1 aromatic carbocycles. The predicted molar refractivity (Wildman–Crippen MR) is 105 cm³/mol. The van der Waals surface area contributed by atoms with Gasteiger partial charge in [-0.1, -0.05) is 12.1 Å². The molecule has 2 rings (SSSR count). The molecule has 0 aliphatic heterocycles. The number of aryl methyl sites for hydroxylation is 2. The van der Waals surface area contributed by atoms with Gasteiger partial charge in [0, 0.05) is 18.2 Å². The third-order valence-corrected chi connectivity index (χ3v) is 4.09. The molecule has 0 radical (unpaired) electrons. The number of ether oxygens (including phenoxy) is 1. The molecule has 2 aromatic rings. The highest BCUT2D eigenvalue weighted by Gasteiger charge is 2.36. The highest BCUT2D eigenvalue weighted by molar-refractivity contribution is 5.87. The quantitative estimate of drug-likeness (QED) is 0.256. The average Bonchev–Trinajstić information content (AvgIpc) is 2.72. The fourth-order valence-electron chi connectivity index (χ4n) is 2.53. The summed E-state index contributed by atoms with van der Waals surface area (Å²) in [4.78, 5) is 38.5. The number of esters is 1. The Labute approximate surface area is 189 Å². The number of nitrogens with one attached hydrogen (secondary N) is 1. The Morgan fingerprint density at radius 1 is 1.09 bits per heavy atom. The van der Waals surface area contributed by atoms with Crippen molar-refractivity contribution < 1.29 is 45.1 Å². The van der Waals surface area contributed by atoms with Crippen molar-refractivity contribution in [2.24, 2.45) is 5.92 Å². The van der Waals surface area contributed by atoms with Gasteiger partial charge in [0.2, 0.25) is 0 Å². The third kappa shape index (κ3) is 11.6. The number of aromatic amines is 1. The largest absolute Gasteiger partial charge is 0.465 e. The Morgan fingerprint density at radius 2 is 1.71 bits per heavy atom. The van der Waals surface area contributed by atoms with Crippen molar-refractivity contribution in [1.82, 2.24) is 9.97 Å². The molecule has 0 amide bonds. The molecule has 13 heteroatoms. The third-order valence-electron chi connectivity index (χ3n) is 4.09. The van der Waals surface area contributed by atoms with Crippen LogP contribution in [0, 0.1) is 11.7 Å². The lowest BCUT2D eigenvalue weighted by molar-refractivity contribution is -0.168. The molecule has 1 N–H and O–H groups in total. The molecule has 6 nitrogen and oxygen atoms in total. The van der Waals surface area contributed by atoms with Crippen molar-refractivity contribution in [1.29, 1.82) is 0 Å². The summed E-state index contributed by atoms with van der Waals surface area (Å²) in [6.07, 6.45) is -9.97. The molecule has 0 bridgehead atoms. The zero-order valence-corrected chi connectivity index (χ0v) is 17.8. The maximum absolute atomic E-state index is 12.7. The van der Waals surface area contributed by atoms with E-state index in [1.807, 2.05) is 0 Å². The molecule has 0 saturated heterocycles. The maximum Gasteiger partial charge on any atom is 0.393 e. The standard InChI is InChI=1S/C14H12F4N2O.C7H9F3O3/c15-11-4-1-9(2-5-11)3-6-12-19-8-10(13(21)20-12)7-14(16,17)18;1-2-13-6(12)5(4-11)3-7(8,9)10/h1-2,4-5,8H,3,6-7H2,(H,19,20,21);4-5H,2-3H2,1H3. The molecule has 0 aliphatic rings. The molecular formula is C21H21F7N2O4. The molecule has 0 saturated carbocycles. The van der Waals surface area contributed by atoms with Crippen LogP contribution in [0.3, 0.4) is 0 Å². The van der Waals surface area contributed by atoms with Gasteiger partial charge in [-0.2, -0.15) is 26.3 Å². The summed E-state index contributed by atoms with van der Waals surface area (Å²) in [6, 6.07) is 5.84. The van der Waals surface area contributed by atoms with Crippen LogP contribution in [0.15, 0.2) is 35.3 Å². The number of alkyl halides is 6. The Hall–Kier alpha value is -3.25. The van der Waals surface area contributed by atoms with E-state index in [4.69, 9.17) is 0 Å². The lowest BCUT2D eigenvalue weighted by Crippen LogP contribution is -2.25. The Morgan fingerprint density at radius 3 is 2.18 bits per heavy atom. The number of rotatable bonds is 8. The van der Waals surface area contributed by atoms with Crippen LogP contribution in [0.4, 0.5) is 30.7 Å². The van der Waals surface area contributed by atoms with Gasteiger partial charge in [0.15, 0.2) is 0 Å². The van der Waals surface area contributed by atoms with Gasteiger partial charge < -0.3 is 14.5 Å². The summed E-state index contributed by atoms with van der Waals surface area (Å²) >= 11 is 0. The van der Waals surface area contributed by atoms with Gasteiger partial charge in [-0.05, 0) is 31.0 Å². The molecule has 0 spiro atoms. The van der Waals surface area contributed by atoms with Crippen LogP contribution in [-0.4, -0.2) is 41.2 Å². The number of carbonyl (C=O) groups excluding carboxylic acids is 2. The molecular weight excluding hydrogens is 477 g/mol. The minimum atomic E-state index is -4.53. The molecule has 1 atom stereocenters. The lowest BCUT2D eigenvalue weighted by Gasteiger charge is -2.11. The van der Waals surface area contributed by atoms with E-state index in [-0.39, 0.29) is 18.7 Å². The Bertz CT molecular complexity index is 986. The molecule has 0 fully saturated rings. The SMILES string of the molecule is CCOC(=O)C(C=O)CC(F)(F)F.O=c1[nH]c(CCc2ccc(F)cc2)ncc1CC(F)(F)F. The van der Waals surface area contributed by atoms with Gasteiger partial charge in [-0.25, -0.2) is 9.37 Å². The van der Waals surface area contributed by atoms with Crippen molar-refractivity contribution in [2.75, 3.05) is 6.61 Å². The fourth-order valence-corrected chi connectivity index (χ4v) is 2.53. The smallest absolute Gasteiger partial charge is 0.393 e. The predicted octanol–water partition coefficient (Wildman–Crippen LogP) is 4.12. The van der Waals surface area contributed by atoms with Gasteiger partial charge in [0.05, 0.1) is 19.4 Å². The summed E-state index contributed by atoms with van der Waals surface area (Å²) in [5, 5.41) is 0. The van der Waals surface area contributed by atoms with Crippen molar-refractivity contribution in [3.8, 4) is 0 Å². The summed E-state index contributed by atoms with van der Waals surface area (Å²) in [6.45, 7) is 1.41. The summed E-state index contributed by atoms with van der Waals surface area (Å²) in [5.41, 5.74) is -0.345. The number of carbonyl (C=O) groups is 2. The van der Waals surface area contributed by atoms with Gasteiger partial charge in [-0.15, -0.1) is 0 Å². The number of aromatic nitrogens is 2. The topological polar surface area (TPSA) is 89.1 Å². The second-order valence-electron chi connectivity index (χ2n) is 6.92. The highest BCUT2D eigenvalue weighted by Crippen LogP contribution is 2.24. The van der Waals surface area contributed by atoms with Crippen molar-refractivity contribution in [2.45, 2.75) is 45.0 Å². The highest BCUT2D eigenvalue weighted by atomic mass is 19.4. The number of hydrogen-bond donors (Lipinski definition) is 1. The summed E-state index contributed by atoms with van der Waals surface area (Å²) in [7, 11) is 0. The zero-order valence-electron chi connectivity index (χ0n) is 17.8. The van der Waals surface area contributed by atoms with Crippen LogP contribution >= 0.6 is 0 Å². The number of hydrogen-bond acceptors (Lipinski definition) is 5. The van der Waals surface area contributed by atoms with Crippen LogP contribution in [0.5, 0.6) is 0 Å². The van der Waals surface area contributed by atoms with Gasteiger partial charge in [0.1, 0.15) is 23.8 Å². The van der Waals surface area contributed by atoms with Crippen LogP contribution in [0.1, 0.15) is 30.3 Å². The van der Waals surface area contributed by atoms with E-state index in [2.05, 4.69) is 14.7 Å². The van der Waals surface area contributed by atoms with Crippen molar-refractivity contribution >= 4 is 12.3 Å². The van der Waals surface area contributed by atoms with Crippen LogP contribution < -0.4 is 5.56 Å². The lowest BCUT2D eigenvalue weighted by atomic mass is 10.1. The van der Waals surface area contributed by atoms with Gasteiger partial charge in [0.25, 0.3) is 5.56 Å². The van der Waals surface area contributed by atoms with E-state index in [9.17, 15) is 45.1 Å². The molecule has 188 valence electrons. The number of H-pyrrole nitrogens is 1. The van der Waals surface area contributed by atoms with Crippen LogP contribution in [0.2, 0.25) is 0 Å². The van der Waals surface area contributed by atoms with Gasteiger partial charge >= 0.3 is 18.3 Å². The molecule has 34 heavy (non-hydrogen) atoms. The first-order valence-electron chi connectivity index (χ1n) is 9.81. The molecule has 0 aliphatic carbocycles. The van der Waals surface area contributed by atoms with E-state index in [1.54, 1.807) is 12.1 Å². The van der Waals surface area contributed by atoms with Crippen LogP contribution in [-0.2, 0) is 33.6 Å². The first kappa shape index (κ1) is 28.8. The van der Waals surface area contributed by atoms with Crippen molar-refractivity contribution in [3.05, 3.63) is 63.6 Å². The van der Waals surface area contributed by atoms with E-state index < -0.39 is 48.2 Å². The van der Waals surface area contributed by atoms with Crippen molar-refractivity contribution in [3.63, 3.8) is 0 Å². The Balaban J connectivity index is 0.000000385. The average molecular weight is 498 g/mol. The Kier molecular flexibility index (Phi) is 10.9. The number of halogens is 7. The van der Waals surface area contributed by atoms with E-state index >= 15 is 0 Å². The number of benzene rings is 1. The zero-order chi connectivity index (χ0) is 25.9. The van der Waals surface area contributed by atoms with E-state index in [1.165, 1.54) is 19.1 Å².